The summed E-state index contributed by atoms with van der Waals surface area (Å²) < 4.78 is 5.33. The van der Waals surface area contributed by atoms with Crippen molar-refractivity contribution in [2.45, 2.75) is 0 Å². The first-order chi connectivity index (χ1) is 9.74. The monoisotopic (exact) mass is 281 g/mol. The number of aromatic nitrogens is 1. The maximum absolute atomic E-state index is 9.13. The number of anilines is 1. The van der Waals surface area contributed by atoms with E-state index in [1.165, 1.54) is 0 Å². The molecule has 2 N–H and O–H groups in total. The van der Waals surface area contributed by atoms with E-state index in [0.29, 0.717) is 16.8 Å². The summed E-state index contributed by atoms with van der Waals surface area (Å²) in [5.41, 5.74) is 7.88. The van der Waals surface area contributed by atoms with Gasteiger partial charge in [-0.3, -0.25) is 0 Å². The summed E-state index contributed by atoms with van der Waals surface area (Å²) >= 11 is 1.64. The number of nitrogen functional groups attached to an aromatic ring is 1. The molecule has 0 fully saturated rings. The van der Waals surface area contributed by atoms with Crippen LogP contribution in [0.15, 0.2) is 35.7 Å². The van der Waals surface area contributed by atoms with Crippen molar-refractivity contribution in [2.24, 2.45) is 0 Å². The van der Waals surface area contributed by atoms with Gasteiger partial charge in [-0.15, -0.1) is 11.3 Å². The molecule has 98 valence electrons. The predicted octanol–water partition coefficient (Wildman–Crippen LogP) is 3.43. The standard InChI is InChI=1S/C15H11N3OS/c1-19-12-5-4-10(13-3-2-6-20-13)11-7-9(8-16)15(17)18-14(11)12/h2-7H,1H3,(H2,17,18). The molecule has 2 aromatic heterocycles. The van der Waals surface area contributed by atoms with Crippen LogP contribution in [0.2, 0.25) is 0 Å². The largest absolute Gasteiger partial charge is 0.494 e. The molecule has 20 heavy (non-hydrogen) atoms. The quantitative estimate of drug-likeness (QED) is 0.781. The lowest BCUT2D eigenvalue weighted by Crippen LogP contribution is -1.97. The molecule has 0 atom stereocenters. The Morgan fingerprint density at radius 3 is 2.85 bits per heavy atom. The first-order valence-electron chi connectivity index (χ1n) is 5.96. The second kappa shape index (κ2) is 4.83. The zero-order valence-electron chi connectivity index (χ0n) is 10.8. The fourth-order valence-corrected chi connectivity index (χ4v) is 2.92. The molecule has 1 aromatic carbocycles. The van der Waals surface area contributed by atoms with Crippen LogP contribution in [0.5, 0.6) is 5.75 Å². The Morgan fingerprint density at radius 2 is 2.20 bits per heavy atom. The van der Waals surface area contributed by atoms with Gasteiger partial charge in [0, 0.05) is 15.8 Å². The van der Waals surface area contributed by atoms with Gasteiger partial charge in [-0.05, 0) is 29.6 Å². The van der Waals surface area contributed by atoms with Crippen LogP contribution in [-0.4, -0.2) is 12.1 Å². The van der Waals surface area contributed by atoms with Gasteiger partial charge in [0.15, 0.2) is 0 Å². The minimum absolute atomic E-state index is 0.224. The molecule has 3 aromatic rings. The Bertz CT molecular complexity index is 819. The third-order valence-corrected chi connectivity index (χ3v) is 4.01. The van der Waals surface area contributed by atoms with Crippen LogP contribution in [0, 0.1) is 11.3 Å². The van der Waals surface area contributed by atoms with Gasteiger partial charge in [0.05, 0.1) is 12.7 Å². The highest BCUT2D eigenvalue weighted by Gasteiger charge is 2.13. The Kier molecular flexibility index (Phi) is 3.01. The van der Waals surface area contributed by atoms with Crippen LogP contribution in [-0.2, 0) is 0 Å². The van der Waals surface area contributed by atoms with E-state index in [1.54, 1.807) is 24.5 Å². The summed E-state index contributed by atoms with van der Waals surface area (Å²) in [6, 6.07) is 11.7. The van der Waals surface area contributed by atoms with Crippen molar-refractivity contribution in [1.82, 2.24) is 4.98 Å². The average molecular weight is 281 g/mol. The van der Waals surface area contributed by atoms with Crippen molar-refractivity contribution in [3.63, 3.8) is 0 Å². The van der Waals surface area contributed by atoms with E-state index in [-0.39, 0.29) is 5.82 Å². The molecule has 4 nitrogen and oxygen atoms in total. The van der Waals surface area contributed by atoms with E-state index in [2.05, 4.69) is 11.1 Å². The van der Waals surface area contributed by atoms with Crippen LogP contribution in [0.3, 0.4) is 0 Å². The van der Waals surface area contributed by atoms with E-state index >= 15 is 0 Å². The fourth-order valence-electron chi connectivity index (χ4n) is 2.15. The van der Waals surface area contributed by atoms with Crippen molar-refractivity contribution in [2.75, 3.05) is 12.8 Å². The number of nitrogens with two attached hydrogens (primary N) is 1. The number of hydrogen-bond acceptors (Lipinski definition) is 5. The maximum Gasteiger partial charge on any atom is 0.145 e. The van der Waals surface area contributed by atoms with E-state index < -0.39 is 0 Å². The number of pyridine rings is 1. The molecule has 5 heteroatoms. The second-order valence-corrected chi connectivity index (χ2v) is 5.17. The molecule has 0 amide bonds. The molecule has 0 aliphatic heterocycles. The van der Waals surface area contributed by atoms with Crippen LogP contribution in [0.4, 0.5) is 5.82 Å². The van der Waals surface area contributed by atoms with Gasteiger partial charge in [0.25, 0.3) is 0 Å². The van der Waals surface area contributed by atoms with Crippen LogP contribution in [0.1, 0.15) is 5.56 Å². The Hall–Kier alpha value is -2.58. The van der Waals surface area contributed by atoms with Crippen molar-refractivity contribution in [1.29, 1.82) is 5.26 Å². The lowest BCUT2D eigenvalue weighted by Gasteiger charge is -2.10. The maximum atomic E-state index is 9.13. The SMILES string of the molecule is COc1ccc(-c2cccs2)c2cc(C#N)c(N)nc12. The van der Waals surface area contributed by atoms with Crippen molar-refractivity contribution in [3.05, 3.63) is 41.3 Å². The highest BCUT2D eigenvalue weighted by molar-refractivity contribution is 7.13. The molecule has 0 bridgehead atoms. The molecule has 0 radical (unpaired) electrons. The van der Waals surface area contributed by atoms with Gasteiger partial charge in [0.2, 0.25) is 0 Å². The molecular formula is C15H11N3OS. The summed E-state index contributed by atoms with van der Waals surface area (Å²) in [5.74, 6) is 0.873. The van der Waals surface area contributed by atoms with Gasteiger partial charge in [-0.25, -0.2) is 4.98 Å². The Balaban J connectivity index is 2.41. The van der Waals surface area contributed by atoms with Gasteiger partial charge >= 0.3 is 0 Å². The Morgan fingerprint density at radius 1 is 1.35 bits per heavy atom. The first kappa shape index (κ1) is 12.5. The first-order valence-corrected chi connectivity index (χ1v) is 6.83. The van der Waals surface area contributed by atoms with Crippen molar-refractivity contribution < 1.29 is 4.74 Å². The second-order valence-electron chi connectivity index (χ2n) is 4.22. The number of nitrogens with zero attached hydrogens (tertiary/aromatic N) is 2. The lowest BCUT2D eigenvalue weighted by molar-refractivity contribution is 0.419. The molecule has 0 aliphatic carbocycles. The van der Waals surface area contributed by atoms with Crippen LogP contribution < -0.4 is 10.5 Å². The molecular weight excluding hydrogens is 270 g/mol. The zero-order valence-corrected chi connectivity index (χ0v) is 11.6. The molecule has 3 rings (SSSR count). The van der Waals surface area contributed by atoms with E-state index in [4.69, 9.17) is 15.7 Å². The Labute approximate surface area is 120 Å². The number of rotatable bonds is 2. The summed E-state index contributed by atoms with van der Waals surface area (Å²) in [5, 5.41) is 12.0. The van der Waals surface area contributed by atoms with E-state index in [0.717, 1.165) is 15.8 Å². The number of thiophene rings is 1. The number of methoxy groups -OCH3 is 1. The minimum atomic E-state index is 0.224. The smallest absolute Gasteiger partial charge is 0.145 e. The van der Waals surface area contributed by atoms with Crippen LogP contribution in [0.25, 0.3) is 21.3 Å². The van der Waals surface area contributed by atoms with Crippen molar-refractivity contribution >= 4 is 28.1 Å². The number of nitriles is 1. The number of hydrogen-bond donors (Lipinski definition) is 1. The van der Waals surface area contributed by atoms with Gasteiger partial charge in [-0.1, -0.05) is 6.07 Å². The molecule has 0 spiro atoms. The third kappa shape index (κ3) is 1.87. The number of ether oxygens (including phenoxy) is 1. The average Bonchev–Trinajstić information content (AvgIpc) is 2.99. The summed E-state index contributed by atoms with van der Waals surface area (Å²) in [7, 11) is 1.59. The summed E-state index contributed by atoms with van der Waals surface area (Å²) in [6.45, 7) is 0. The van der Waals surface area contributed by atoms with Crippen molar-refractivity contribution in [3.8, 4) is 22.3 Å². The fraction of sp³-hybridized carbons (Fsp3) is 0.0667. The van der Waals surface area contributed by atoms with Gasteiger partial charge in [-0.2, -0.15) is 5.26 Å². The van der Waals surface area contributed by atoms with Gasteiger partial charge in [0.1, 0.15) is 23.2 Å². The zero-order chi connectivity index (χ0) is 14.1. The minimum Gasteiger partial charge on any atom is -0.494 e. The third-order valence-electron chi connectivity index (χ3n) is 3.10. The predicted molar refractivity (Wildman–Crippen MR) is 80.7 cm³/mol. The topological polar surface area (TPSA) is 71.9 Å². The number of fused-ring (bicyclic) bond motifs is 1. The molecule has 0 saturated carbocycles. The molecule has 0 unspecified atom stereocenters. The normalized spacial score (nSPS) is 10.4. The summed E-state index contributed by atoms with van der Waals surface area (Å²) in [6.07, 6.45) is 0. The highest BCUT2D eigenvalue weighted by atomic mass is 32.1. The molecule has 0 aliphatic rings. The lowest BCUT2D eigenvalue weighted by atomic mass is 10.0. The highest BCUT2D eigenvalue weighted by Crippen LogP contribution is 2.36. The molecule has 0 saturated heterocycles. The molecule has 2 heterocycles. The van der Waals surface area contributed by atoms with Gasteiger partial charge < -0.3 is 10.5 Å². The van der Waals surface area contributed by atoms with E-state index in [9.17, 15) is 0 Å². The van der Waals surface area contributed by atoms with E-state index in [1.807, 2.05) is 29.6 Å². The summed E-state index contributed by atoms with van der Waals surface area (Å²) in [4.78, 5) is 5.44. The van der Waals surface area contributed by atoms with Crippen LogP contribution >= 0.6 is 11.3 Å². The number of benzene rings is 1.